The van der Waals surface area contributed by atoms with Gasteiger partial charge in [-0.25, -0.2) is 0 Å². The van der Waals surface area contributed by atoms with Crippen molar-refractivity contribution < 1.29 is 9.90 Å². The van der Waals surface area contributed by atoms with E-state index in [2.05, 4.69) is 12.2 Å². The van der Waals surface area contributed by atoms with Crippen molar-refractivity contribution in [1.29, 1.82) is 0 Å². The van der Waals surface area contributed by atoms with E-state index in [0.29, 0.717) is 6.42 Å². The molecule has 2 rings (SSSR count). The zero-order chi connectivity index (χ0) is 14.5. The summed E-state index contributed by atoms with van der Waals surface area (Å²) in [6, 6.07) is 7.95. The molecule has 0 bridgehead atoms. The molecular formula is C16H22N2O2. The number of aliphatic hydroxyl groups is 1. The number of aryl methyl sites for hydroxylation is 1. The van der Waals surface area contributed by atoms with Gasteiger partial charge < -0.3 is 15.0 Å². The number of aromatic nitrogens is 1. The predicted molar refractivity (Wildman–Crippen MR) is 80.4 cm³/mol. The second-order valence-corrected chi connectivity index (χ2v) is 5.14. The number of amides is 1. The van der Waals surface area contributed by atoms with Crippen LogP contribution in [0.15, 0.2) is 30.5 Å². The predicted octanol–water partition coefficient (Wildman–Crippen LogP) is 2.52. The molecule has 0 aliphatic heterocycles. The fourth-order valence-corrected chi connectivity index (χ4v) is 2.38. The third kappa shape index (κ3) is 3.20. The van der Waals surface area contributed by atoms with Gasteiger partial charge in [-0.3, -0.25) is 4.79 Å². The van der Waals surface area contributed by atoms with Gasteiger partial charge in [0, 0.05) is 42.7 Å². The number of aliphatic hydroxyl groups excluding tert-OH is 1. The number of benzene rings is 1. The maximum Gasteiger partial charge on any atom is 0.220 e. The van der Waals surface area contributed by atoms with E-state index in [4.69, 9.17) is 0 Å². The average Bonchev–Trinajstić information content (AvgIpc) is 2.80. The molecule has 0 aliphatic carbocycles. The van der Waals surface area contributed by atoms with E-state index in [-0.39, 0.29) is 12.5 Å². The molecule has 20 heavy (non-hydrogen) atoms. The molecule has 1 aromatic heterocycles. The van der Waals surface area contributed by atoms with Gasteiger partial charge in [0.1, 0.15) is 0 Å². The van der Waals surface area contributed by atoms with Crippen molar-refractivity contribution in [3.63, 3.8) is 0 Å². The molecule has 1 aromatic carbocycles. The van der Waals surface area contributed by atoms with Crippen LogP contribution in [0.4, 0.5) is 0 Å². The van der Waals surface area contributed by atoms with Crippen molar-refractivity contribution in [3.8, 4) is 0 Å². The van der Waals surface area contributed by atoms with Crippen LogP contribution in [0.2, 0.25) is 0 Å². The number of fused-ring (bicyclic) bond motifs is 1. The summed E-state index contributed by atoms with van der Waals surface area (Å²) in [5.74, 6) is 0.00568. The first-order valence-electron chi connectivity index (χ1n) is 7.12. The summed E-state index contributed by atoms with van der Waals surface area (Å²) in [7, 11) is 1.96. The minimum absolute atomic E-state index is 0.00568. The van der Waals surface area contributed by atoms with E-state index in [0.717, 1.165) is 29.3 Å². The molecule has 0 spiro atoms. The lowest BCUT2D eigenvalue weighted by Crippen LogP contribution is -2.28. The van der Waals surface area contributed by atoms with Gasteiger partial charge in [-0.1, -0.05) is 31.5 Å². The van der Waals surface area contributed by atoms with E-state index >= 15 is 0 Å². The van der Waals surface area contributed by atoms with Gasteiger partial charge in [0.15, 0.2) is 0 Å². The number of carbonyl (C=O) groups is 1. The van der Waals surface area contributed by atoms with Gasteiger partial charge in [0.05, 0.1) is 6.10 Å². The number of hydrogen-bond donors (Lipinski definition) is 2. The Balaban J connectivity index is 2.04. The first kappa shape index (κ1) is 14.6. The Morgan fingerprint density at radius 3 is 2.90 bits per heavy atom. The molecule has 1 unspecified atom stereocenters. The van der Waals surface area contributed by atoms with Crippen LogP contribution >= 0.6 is 0 Å². The lowest BCUT2D eigenvalue weighted by molar-refractivity contribution is -0.121. The standard InChI is InChI=1S/C16H22N2O2/c1-3-4-9-16(20)17-10-15(19)13-11-18(2)14-8-6-5-7-12(13)14/h5-8,11,15,19H,3-4,9-10H2,1-2H3,(H,17,20). The quantitative estimate of drug-likeness (QED) is 0.850. The summed E-state index contributed by atoms with van der Waals surface area (Å²) in [6.07, 6.45) is 3.66. The Morgan fingerprint density at radius 1 is 1.40 bits per heavy atom. The molecule has 4 heteroatoms. The number of nitrogens with one attached hydrogen (secondary N) is 1. The van der Waals surface area contributed by atoms with Crippen LogP contribution in [-0.4, -0.2) is 22.1 Å². The summed E-state index contributed by atoms with van der Waals surface area (Å²) in [6.45, 7) is 2.31. The Morgan fingerprint density at radius 2 is 2.15 bits per heavy atom. The van der Waals surface area contributed by atoms with E-state index < -0.39 is 6.10 Å². The SMILES string of the molecule is CCCCC(=O)NCC(O)c1cn(C)c2ccccc12. The van der Waals surface area contributed by atoms with Crippen LogP contribution in [-0.2, 0) is 11.8 Å². The smallest absolute Gasteiger partial charge is 0.220 e. The number of unbranched alkanes of at least 4 members (excludes halogenated alkanes) is 1. The molecule has 4 nitrogen and oxygen atoms in total. The molecule has 0 fully saturated rings. The van der Waals surface area contributed by atoms with Crippen LogP contribution in [0.25, 0.3) is 10.9 Å². The summed E-state index contributed by atoms with van der Waals surface area (Å²) >= 11 is 0. The number of hydrogen-bond acceptors (Lipinski definition) is 2. The summed E-state index contributed by atoms with van der Waals surface area (Å²) in [5, 5.41) is 14.1. The molecule has 0 radical (unpaired) electrons. The number of nitrogens with zero attached hydrogens (tertiary/aromatic N) is 1. The van der Waals surface area contributed by atoms with Crippen molar-refractivity contribution >= 4 is 16.8 Å². The van der Waals surface area contributed by atoms with E-state index in [1.165, 1.54) is 0 Å². The highest BCUT2D eigenvalue weighted by Crippen LogP contribution is 2.25. The molecule has 108 valence electrons. The highest BCUT2D eigenvalue weighted by molar-refractivity contribution is 5.84. The molecule has 0 saturated heterocycles. The third-order valence-corrected chi connectivity index (χ3v) is 3.54. The molecule has 1 heterocycles. The first-order valence-corrected chi connectivity index (χ1v) is 7.12. The number of rotatable bonds is 6. The Kier molecular flexibility index (Phi) is 4.79. The van der Waals surface area contributed by atoms with Crippen LogP contribution < -0.4 is 5.32 Å². The van der Waals surface area contributed by atoms with Crippen LogP contribution in [0.1, 0.15) is 37.9 Å². The maximum absolute atomic E-state index is 11.6. The molecule has 0 saturated carbocycles. The van der Waals surface area contributed by atoms with Gasteiger partial charge in [0.25, 0.3) is 0 Å². The summed E-state index contributed by atoms with van der Waals surface area (Å²) < 4.78 is 1.99. The number of para-hydroxylation sites is 1. The van der Waals surface area contributed by atoms with Gasteiger partial charge in [-0.15, -0.1) is 0 Å². The third-order valence-electron chi connectivity index (χ3n) is 3.54. The maximum atomic E-state index is 11.6. The zero-order valence-corrected chi connectivity index (χ0v) is 12.1. The molecule has 0 aliphatic rings. The highest BCUT2D eigenvalue weighted by Gasteiger charge is 2.15. The van der Waals surface area contributed by atoms with Crippen molar-refractivity contribution in [2.24, 2.45) is 7.05 Å². The largest absolute Gasteiger partial charge is 0.386 e. The molecule has 2 N–H and O–H groups in total. The topological polar surface area (TPSA) is 54.3 Å². The van der Waals surface area contributed by atoms with Crippen molar-refractivity contribution in [2.75, 3.05) is 6.54 Å². The fraction of sp³-hybridized carbons (Fsp3) is 0.438. The minimum atomic E-state index is -0.674. The fourth-order valence-electron chi connectivity index (χ4n) is 2.38. The first-order chi connectivity index (χ1) is 9.63. The van der Waals surface area contributed by atoms with Crippen molar-refractivity contribution in [2.45, 2.75) is 32.3 Å². The Labute approximate surface area is 119 Å². The summed E-state index contributed by atoms with van der Waals surface area (Å²) in [4.78, 5) is 11.6. The zero-order valence-electron chi connectivity index (χ0n) is 12.1. The monoisotopic (exact) mass is 274 g/mol. The van der Waals surface area contributed by atoms with Crippen molar-refractivity contribution in [3.05, 3.63) is 36.0 Å². The van der Waals surface area contributed by atoms with E-state index in [1.54, 1.807) is 0 Å². The Hall–Kier alpha value is -1.81. The van der Waals surface area contributed by atoms with Gasteiger partial charge in [0.2, 0.25) is 5.91 Å². The second kappa shape index (κ2) is 6.57. The Bertz CT molecular complexity index is 589. The van der Waals surface area contributed by atoms with E-state index in [1.807, 2.05) is 42.1 Å². The minimum Gasteiger partial charge on any atom is -0.386 e. The van der Waals surface area contributed by atoms with Gasteiger partial charge in [-0.05, 0) is 12.5 Å². The van der Waals surface area contributed by atoms with Crippen LogP contribution in [0.3, 0.4) is 0 Å². The number of carbonyl (C=O) groups excluding carboxylic acids is 1. The summed E-state index contributed by atoms with van der Waals surface area (Å²) in [5.41, 5.74) is 1.94. The molecular weight excluding hydrogens is 252 g/mol. The van der Waals surface area contributed by atoms with Crippen molar-refractivity contribution in [1.82, 2.24) is 9.88 Å². The molecule has 1 atom stereocenters. The van der Waals surface area contributed by atoms with Crippen LogP contribution in [0.5, 0.6) is 0 Å². The highest BCUT2D eigenvalue weighted by atomic mass is 16.3. The molecule has 2 aromatic rings. The molecule has 1 amide bonds. The normalized spacial score (nSPS) is 12.6. The second-order valence-electron chi connectivity index (χ2n) is 5.14. The average molecular weight is 274 g/mol. The lowest BCUT2D eigenvalue weighted by atomic mass is 10.1. The van der Waals surface area contributed by atoms with Crippen LogP contribution in [0, 0.1) is 0 Å². The van der Waals surface area contributed by atoms with E-state index in [9.17, 15) is 9.90 Å². The van der Waals surface area contributed by atoms with Gasteiger partial charge >= 0.3 is 0 Å². The lowest BCUT2D eigenvalue weighted by Gasteiger charge is -2.11. The van der Waals surface area contributed by atoms with Gasteiger partial charge in [-0.2, -0.15) is 0 Å².